The Hall–Kier alpha value is -3.15. The zero-order valence-corrected chi connectivity index (χ0v) is 14.4. The molecule has 0 aliphatic carbocycles. The number of aromatic nitrogens is 3. The van der Waals surface area contributed by atoms with Gasteiger partial charge in [-0.3, -0.25) is 0 Å². The van der Waals surface area contributed by atoms with Crippen LogP contribution in [0.1, 0.15) is 11.1 Å². The number of anilines is 3. The summed E-state index contributed by atoms with van der Waals surface area (Å²) in [4.78, 5) is 4.44. The Bertz CT molecular complexity index is 837. The molecule has 128 valence electrons. The van der Waals surface area contributed by atoms with E-state index in [2.05, 4.69) is 37.9 Å². The first kappa shape index (κ1) is 16.7. The van der Waals surface area contributed by atoms with Crippen LogP contribution in [-0.4, -0.2) is 28.8 Å². The monoisotopic (exact) mass is 335 g/mol. The van der Waals surface area contributed by atoms with Crippen molar-refractivity contribution in [3.05, 3.63) is 65.9 Å². The van der Waals surface area contributed by atoms with Crippen molar-refractivity contribution in [1.29, 1.82) is 0 Å². The van der Waals surface area contributed by atoms with Crippen LogP contribution in [0, 0.1) is 6.92 Å². The number of aryl methyl sites for hydroxylation is 1. The van der Waals surface area contributed by atoms with E-state index in [4.69, 9.17) is 4.74 Å². The van der Waals surface area contributed by atoms with E-state index in [1.165, 1.54) is 5.56 Å². The first-order valence-electron chi connectivity index (χ1n) is 8.14. The molecule has 3 rings (SSSR count). The maximum Gasteiger partial charge on any atom is 0.244 e. The summed E-state index contributed by atoms with van der Waals surface area (Å²) in [6.07, 6.45) is 2.41. The van der Waals surface area contributed by atoms with Crippen LogP contribution in [0.4, 0.5) is 17.5 Å². The predicted molar refractivity (Wildman–Crippen MR) is 99.5 cm³/mol. The molecule has 0 fully saturated rings. The Morgan fingerprint density at radius 2 is 1.96 bits per heavy atom. The van der Waals surface area contributed by atoms with Crippen molar-refractivity contribution in [2.24, 2.45) is 0 Å². The zero-order valence-electron chi connectivity index (χ0n) is 14.4. The molecule has 0 amide bonds. The van der Waals surface area contributed by atoms with Crippen molar-refractivity contribution in [3.8, 4) is 5.75 Å². The van der Waals surface area contributed by atoms with Crippen molar-refractivity contribution in [3.63, 3.8) is 0 Å². The van der Waals surface area contributed by atoms with Crippen LogP contribution in [0.5, 0.6) is 5.75 Å². The van der Waals surface area contributed by atoms with E-state index < -0.39 is 0 Å². The summed E-state index contributed by atoms with van der Waals surface area (Å²) in [5.74, 6) is 2.03. The maximum atomic E-state index is 5.36. The van der Waals surface area contributed by atoms with E-state index in [0.29, 0.717) is 18.3 Å². The minimum atomic E-state index is 0.493. The van der Waals surface area contributed by atoms with Gasteiger partial charge in [0.15, 0.2) is 5.82 Å². The molecule has 3 aromatic rings. The maximum absolute atomic E-state index is 5.36. The van der Waals surface area contributed by atoms with E-state index in [0.717, 1.165) is 23.4 Å². The molecule has 2 N–H and O–H groups in total. The third-order valence-corrected chi connectivity index (χ3v) is 3.72. The molecule has 0 radical (unpaired) electrons. The minimum absolute atomic E-state index is 0.493. The number of hydrogen-bond acceptors (Lipinski definition) is 6. The highest BCUT2D eigenvalue weighted by molar-refractivity contribution is 5.56. The molecule has 6 heteroatoms. The highest BCUT2D eigenvalue weighted by Gasteiger charge is 2.04. The number of benzene rings is 2. The summed E-state index contributed by atoms with van der Waals surface area (Å²) in [5.41, 5.74) is 3.29. The van der Waals surface area contributed by atoms with Crippen LogP contribution in [0.3, 0.4) is 0 Å². The standard InChI is InChI=1S/C19H21N5O/c1-14-6-5-8-16(12-14)22-18-13-21-24-19(23-18)20-11-10-15-7-3-4-9-17(15)25-2/h3-9,12-13H,10-11H2,1-2H3,(H2,20,22,23,24). The van der Waals surface area contributed by atoms with Gasteiger partial charge in [0, 0.05) is 12.2 Å². The summed E-state index contributed by atoms with van der Waals surface area (Å²) in [6, 6.07) is 16.1. The molecule has 0 atom stereocenters. The summed E-state index contributed by atoms with van der Waals surface area (Å²) in [6.45, 7) is 2.74. The first-order chi connectivity index (χ1) is 12.2. The van der Waals surface area contributed by atoms with Gasteiger partial charge in [-0.15, -0.1) is 5.10 Å². The van der Waals surface area contributed by atoms with Gasteiger partial charge in [0.25, 0.3) is 0 Å². The van der Waals surface area contributed by atoms with E-state index in [1.54, 1.807) is 13.3 Å². The second-order valence-electron chi connectivity index (χ2n) is 5.65. The first-order valence-corrected chi connectivity index (χ1v) is 8.14. The van der Waals surface area contributed by atoms with E-state index in [9.17, 15) is 0 Å². The van der Waals surface area contributed by atoms with Crippen LogP contribution < -0.4 is 15.4 Å². The van der Waals surface area contributed by atoms with Gasteiger partial charge < -0.3 is 15.4 Å². The third kappa shape index (κ3) is 4.67. The summed E-state index contributed by atoms with van der Waals surface area (Å²) in [5, 5.41) is 14.5. The number of nitrogens with zero attached hydrogens (tertiary/aromatic N) is 3. The highest BCUT2D eigenvalue weighted by Crippen LogP contribution is 2.18. The Labute approximate surface area is 147 Å². The number of ether oxygens (including phenoxy) is 1. The quantitative estimate of drug-likeness (QED) is 0.687. The summed E-state index contributed by atoms with van der Waals surface area (Å²) < 4.78 is 5.36. The Balaban J connectivity index is 1.60. The molecular weight excluding hydrogens is 314 g/mol. The molecule has 25 heavy (non-hydrogen) atoms. The van der Waals surface area contributed by atoms with Crippen molar-refractivity contribution in [1.82, 2.24) is 15.2 Å². The van der Waals surface area contributed by atoms with Crippen molar-refractivity contribution in [2.45, 2.75) is 13.3 Å². The van der Waals surface area contributed by atoms with E-state index in [1.807, 2.05) is 43.3 Å². The lowest BCUT2D eigenvalue weighted by Crippen LogP contribution is -2.10. The fraction of sp³-hybridized carbons (Fsp3) is 0.211. The lowest BCUT2D eigenvalue weighted by molar-refractivity contribution is 0.410. The van der Waals surface area contributed by atoms with Gasteiger partial charge in [0.1, 0.15) is 5.75 Å². The number of hydrogen-bond donors (Lipinski definition) is 2. The largest absolute Gasteiger partial charge is 0.496 e. The molecule has 0 bridgehead atoms. The Kier molecular flexibility index (Phi) is 5.41. The zero-order chi connectivity index (χ0) is 17.5. The number of para-hydroxylation sites is 1. The molecule has 6 nitrogen and oxygen atoms in total. The van der Waals surface area contributed by atoms with Crippen LogP contribution in [0.25, 0.3) is 0 Å². The normalized spacial score (nSPS) is 10.3. The Morgan fingerprint density at radius 1 is 1.08 bits per heavy atom. The second-order valence-corrected chi connectivity index (χ2v) is 5.65. The third-order valence-electron chi connectivity index (χ3n) is 3.72. The molecule has 2 aromatic carbocycles. The van der Waals surface area contributed by atoms with Gasteiger partial charge in [-0.2, -0.15) is 10.1 Å². The topological polar surface area (TPSA) is 72.0 Å². The second kappa shape index (κ2) is 8.10. The van der Waals surface area contributed by atoms with Crippen LogP contribution in [0.2, 0.25) is 0 Å². The van der Waals surface area contributed by atoms with Gasteiger partial charge in [-0.25, -0.2) is 0 Å². The highest BCUT2D eigenvalue weighted by atomic mass is 16.5. The van der Waals surface area contributed by atoms with Crippen molar-refractivity contribution >= 4 is 17.5 Å². The molecule has 0 aliphatic heterocycles. The van der Waals surface area contributed by atoms with Gasteiger partial charge in [-0.1, -0.05) is 30.3 Å². The van der Waals surface area contributed by atoms with Gasteiger partial charge in [0.2, 0.25) is 5.95 Å². The fourth-order valence-electron chi connectivity index (χ4n) is 2.53. The molecule has 0 aliphatic rings. The lowest BCUT2D eigenvalue weighted by Gasteiger charge is -2.10. The fourth-order valence-corrected chi connectivity index (χ4v) is 2.53. The van der Waals surface area contributed by atoms with E-state index >= 15 is 0 Å². The SMILES string of the molecule is COc1ccccc1CCNc1nncc(Nc2cccc(C)c2)n1. The molecule has 1 aromatic heterocycles. The van der Waals surface area contributed by atoms with Gasteiger partial charge >= 0.3 is 0 Å². The Morgan fingerprint density at radius 3 is 2.80 bits per heavy atom. The predicted octanol–water partition coefficient (Wildman–Crippen LogP) is 3.59. The van der Waals surface area contributed by atoms with Crippen LogP contribution >= 0.6 is 0 Å². The number of nitrogens with one attached hydrogen (secondary N) is 2. The number of rotatable bonds is 7. The van der Waals surface area contributed by atoms with Crippen LogP contribution in [0.15, 0.2) is 54.7 Å². The minimum Gasteiger partial charge on any atom is -0.496 e. The van der Waals surface area contributed by atoms with Crippen molar-refractivity contribution < 1.29 is 4.74 Å². The molecule has 0 saturated heterocycles. The van der Waals surface area contributed by atoms with Crippen molar-refractivity contribution in [2.75, 3.05) is 24.3 Å². The molecule has 1 heterocycles. The average Bonchev–Trinajstić information content (AvgIpc) is 2.62. The van der Waals surface area contributed by atoms with Gasteiger partial charge in [0.05, 0.1) is 13.3 Å². The smallest absolute Gasteiger partial charge is 0.244 e. The van der Waals surface area contributed by atoms with E-state index in [-0.39, 0.29) is 0 Å². The summed E-state index contributed by atoms with van der Waals surface area (Å²) >= 11 is 0. The van der Waals surface area contributed by atoms with Gasteiger partial charge in [-0.05, 0) is 42.7 Å². The average molecular weight is 335 g/mol. The molecule has 0 spiro atoms. The molecular formula is C19H21N5O. The molecule has 0 saturated carbocycles. The molecule has 0 unspecified atom stereocenters. The number of methoxy groups -OCH3 is 1. The lowest BCUT2D eigenvalue weighted by atomic mass is 10.1. The van der Waals surface area contributed by atoms with Crippen LogP contribution in [-0.2, 0) is 6.42 Å². The summed E-state index contributed by atoms with van der Waals surface area (Å²) in [7, 11) is 1.68.